The lowest BCUT2D eigenvalue weighted by Crippen LogP contribution is -2.25. The van der Waals surface area contributed by atoms with Gasteiger partial charge in [-0.25, -0.2) is 18.3 Å². The van der Waals surface area contributed by atoms with Crippen molar-refractivity contribution >= 4 is 11.6 Å². The predicted octanol–water partition coefficient (Wildman–Crippen LogP) is 2.82. The normalized spacial score (nSPS) is 14.6. The number of allylic oxidation sites excluding steroid dienone is 1. The molecular weight excluding hydrogens is 290 g/mol. The van der Waals surface area contributed by atoms with Gasteiger partial charge in [-0.3, -0.25) is 4.79 Å². The number of hydrogen-bond acceptors (Lipinski definition) is 3. The minimum Gasteiger partial charge on any atom is -0.348 e. The van der Waals surface area contributed by atoms with Crippen LogP contribution in [0.2, 0.25) is 0 Å². The van der Waals surface area contributed by atoms with E-state index in [9.17, 15) is 13.6 Å². The first-order valence-corrected chi connectivity index (χ1v) is 7.16. The van der Waals surface area contributed by atoms with Crippen LogP contribution in [-0.2, 0) is 0 Å². The molecule has 2 aromatic heterocycles. The second kappa shape index (κ2) is 5.82. The molecule has 3 rings (SSSR count). The van der Waals surface area contributed by atoms with Gasteiger partial charge < -0.3 is 5.32 Å². The van der Waals surface area contributed by atoms with Gasteiger partial charge >= 0.3 is 0 Å². The lowest BCUT2D eigenvalue weighted by Gasteiger charge is -2.07. The second-order valence-electron chi connectivity index (χ2n) is 5.35. The first-order valence-electron chi connectivity index (χ1n) is 7.16. The van der Waals surface area contributed by atoms with Gasteiger partial charge in [0.1, 0.15) is 11.3 Å². The van der Waals surface area contributed by atoms with Gasteiger partial charge in [0.2, 0.25) is 0 Å². The molecule has 0 aliphatic heterocycles. The molecule has 0 saturated carbocycles. The molecule has 1 N–H and O–H groups in total. The van der Waals surface area contributed by atoms with E-state index in [4.69, 9.17) is 0 Å². The molecule has 1 aliphatic carbocycles. The first-order chi connectivity index (χ1) is 10.6. The highest BCUT2D eigenvalue weighted by atomic mass is 19.3. The highest BCUT2D eigenvalue weighted by molar-refractivity contribution is 5.99. The molecule has 7 heteroatoms. The number of carbonyl (C=O) groups is 1. The van der Waals surface area contributed by atoms with Gasteiger partial charge in [0.05, 0.1) is 6.20 Å². The maximum Gasteiger partial charge on any atom is 0.280 e. The molecule has 0 spiro atoms. The van der Waals surface area contributed by atoms with E-state index < -0.39 is 6.43 Å². The van der Waals surface area contributed by atoms with E-state index in [2.05, 4.69) is 21.5 Å². The molecule has 116 valence electrons. The van der Waals surface area contributed by atoms with Gasteiger partial charge in [-0.05, 0) is 32.3 Å². The lowest BCUT2D eigenvalue weighted by atomic mass is 10.2. The number of aryl methyl sites for hydroxylation is 1. The molecule has 0 saturated heterocycles. The van der Waals surface area contributed by atoms with Gasteiger partial charge in [-0.15, -0.1) is 0 Å². The third-order valence-electron chi connectivity index (χ3n) is 3.71. The number of hydrogen-bond donors (Lipinski definition) is 1. The van der Waals surface area contributed by atoms with Crippen molar-refractivity contribution in [2.24, 2.45) is 0 Å². The molecule has 0 atom stereocenters. The Morgan fingerprint density at radius 2 is 2.32 bits per heavy atom. The Morgan fingerprint density at radius 1 is 1.50 bits per heavy atom. The van der Waals surface area contributed by atoms with Crippen LogP contribution in [0.25, 0.3) is 5.65 Å². The molecule has 0 radical (unpaired) electrons. The number of aromatic nitrogens is 3. The van der Waals surface area contributed by atoms with Crippen LogP contribution < -0.4 is 5.32 Å². The van der Waals surface area contributed by atoms with Crippen molar-refractivity contribution in [3.05, 3.63) is 40.9 Å². The summed E-state index contributed by atoms with van der Waals surface area (Å²) in [6.07, 6.45) is 3.87. The Labute approximate surface area is 126 Å². The van der Waals surface area contributed by atoms with E-state index in [1.54, 1.807) is 6.92 Å². The van der Waals surface area contributed by atoms with Crippen LogP contribution in [0.4, 0.5) is 8.78 Å². The van der Waals surface area contributed by atoms with E-state index >= 15 is 0 Å². The summed E-state index contributed by atoms with van der Waals surface area (Å²) in [5.41, 5.74) is 1.73. The van der Waals surface area contributed by atoms with E-state index in [1.807, 2.05) is 0 Å². The standard InChI is InChI=1S/C15H16F2N4O/c1-9-6-12(13(16)17)21-14(20-9)11(8-19-21)15(22)18-7-10-4-2-3-5-10/h4,6,8,13H,2-3,5,7H2,1H3,(H,18,22). The van der Waals surface area contributed by atoms with E-state index in [-0.39, 0.29) is 22.8 Å². The predicted molar refractivity (Wildman–Crippen MR) is 76.9 cm³/mol. The fourth-order valence-electron chi connectivity index (χ4n) is 2.62. The van der Waals surface area contributed by atoms with Crippen LogP contribution >= 0.6 is 0 Å². The average molecular weight is 306 g/mol. The van der Waals surface area contributed by atoms with Gasteiger partial charge in [0.25, 0.3) is 12.3 Å². The highest BCUT2D eigenvalue weighted by Crippen LogP contribution is 2.22. The quantitative estimate of drug-likeness (QED) is 0.884. The van der Waals surface area contributed by atoms with E-state index in [0.717, 1.165) is 23.8 Å². The van der Waals surface area contributed by atoms with Crippen LogP contribution in [-0.4, -0.2) is 27.0 Å². The van der Waals surface area contributed by atoms with E-state index in [0.29, 0.717) is 12.2 Å². The number of nitrogens with zero attached hydrogens (tertiary/aromatic N) is 3. The molecule has 0 bridgehead atoms. The number of nitrogens with one attached hydrogen (secondary N) is 1. The number of alkyl halides is 2. The van der Waals surface area contributed by atoms with Gasteiger partial charge in [0.15, 0.2) is 5.65 Å². The third-order valence-corrected chi connectivity index (χ3v) is 3.71. The summed E-state index contributed by atoms with van der Waals surface area (Å²) in [5, 5.41) is 6.68. The Hall–Kier alpha value is -2.31. The van der Waals surface area contributed by atoms with Gasteiger partial charge in [0, 0.05) is 12.2 Å². The van der Waals surface area contributed by atoms with Crippen molar-refractivity contribution in [1.82, 2.24) is 19.9 Å². The molecule has 2 heterocycles. The second-order valence-corrected chi connectivity index (χ2v) is 5.35. The largest absolute Gasteiger partial charge is 0.348 e. The summed E-state index contributed by atoms with van der Waals surface area (Å²) in [4.78, 5) is 16.4. The van der Waals surface area contributed by atoms with Crippen LogP contribution in [0.5, 0.6) is 0 Å². The summed E-state index contributed by atoms with van der Waals surface area (Å²) in [6, 6.07) is 1.27. The number of rotatable bonds is 4. The number of fused-ring (bicyclic) bond motifs is 1. The third kappa shape index (κ3) is 2.70. The average Bonchev–Trinajstić information content (AvgIpc) is 3.12. The summed E-state index contributed by atoms with van der Waals surface area (Å²) < 4.78 is 27.1. The Kier molecular flexibility index (Phi) is 3.87. The van der Waals surface area contributed by atoms with Crippen molar-refractivity contribution in [1.29, 1.82) is 0 Å². The topological polar surface area (TPSA) is 59.3 Å². The minimum absolute atomic E-state index is 0.160. The van der Waals surface area contributed by atoms with Crippen LogP contribution in [0.1, 0.15) is 47.4 Å². The molecular formula is C15H16F2N4O. The van der Waals surface area contributed by atoms with Crippen LogP contribution in [0, 0.1) is 6.92 Å². The van der Waals surface area contributed by atoms with Crippen molar-refractivity contribution in [2.75, 3.05) is 6.54 Å². The van der Waals surface area contributed by atoms with Crippen molar-refractivity contribution < 1.29 is 13.6 Å². The summed E-state index contributed by atoms with van der Waals surface area (Å²) in [5.74, 6) is -0.346. The summed E-state index contributed by atoms with van der Waals surface area (Å²) in [6.45, 7) is 2.09. The van der Waals surface area contributed by atoms with Crippen LogP contribution in [0.15, 0.2) is 23.9 Å². The van der Waals surface area contributed by atoms with Crippen molar-refractivity contribution in [3.63, 3.8) is 0 Å². The number of carbonyl (C=O) groups excluding carboxylic acids is 1. The number of halogens is 2. The first kappa shape index (κ1) is 14.6. The molecule has 5 nitrogen and oxygen atoms in total. The molecule has 0 aromatic carbocycles. The van der Waals surface area contributed by atoms with Crippen molar-refractivity contribution in [3.8, 4) is 0 Å². The zero-order valence-corrected chi connectivity index (χ0v) is 12.1. The maximum absolute atomic E-state index is 13.0. The Balaban J connectivity index is 1.88. The molecule has 0 unspecified atom stereocenters. The molecule has 22 heavy (non-hydrogen) atoms. The van der Waals surface area contributed by atoms with Gasteiger partial charge in [-0.1, -0.05) is 11.6 Å². The van der Waals surface area contributed by atoms with Crippen molar-refractivity contribution in [2.45, 2.75) is 32.6 Å². The monoisotopic (exact) mass is 306 g/mol. The summed E-state index contributed by atoms with van der Waals surface area (Å²) >= 11 is 0. The van der Waals surface area contributed by atoms with Gasteiger partial charge in [-0.2, -0.15) is 5.10 Å². The Morgan fingerprint density at radius 3 is 3.00 bits per heavy atom. The van der Waals surface area contributed by atoms with E-state index in [1.165, 1.54) is 17.8 Å². The lowest BCUT2D eigenvalue weighted by molar-refractivity contribution is 0.0958. The fraction of sp³-hybridized carbons (Fsp3) is 0.400. The fourth-order valence-corrected chi connectivity index (χ4v) is 2.62. The summed E-state index contributed by atoms with van der Waals surface area (Å²) in [7, 11) is 0. The highest BCUT2D eigenvalue weighted by Gasteiger charge is 2.20. The molecule has 1 aliphatic rings. The number of amides is 1. The Bertz CT molecular complexity index is 751. The molecule has 2 aromatic rings. The molecule has 1 amide bonds. The smallest absolute Gasteiger partial charge is 0.280 e. The zero-order chi connectivity index (χ0) is 15.7. The SMILES string of the molecule is Cc1cc(C(F)F)n2ncc(C(=O)NCC3=CCCC3)c2n1. The maximum atomic E-state index is 13.0. The minimum atomic E-state index is -2.68. The van der Waals surface area contributed by atoms with Crippen LogP contribution in [0.3, 0.4) is 0 Å². The zero-order valence-electron chi connectivity index (χ0n) is 12.1. The molecule has 0 fully saturated rings.